The van der Waals surface area contributed by atoms with Gasteiger partial charge in [0.25, 0.3) is 0 Å². The number of Topliss-reactive ketones (excluding diaryl/α,β-unsaturated/α-hetero) is 1. The van der Waals surface area contributed by atoms with E-state index in [9.17, 15) is 9.59 Å². The summed E-state index contributed by atoms with van der Waals surface area (Å²) < 4.78 is 5.76. The van der Waals surface area contributed by atoms with E-state index in [1.807, 2.05) is 57.2 Å². The van der Waals surface area contributed by atoms with Crippen molar-refractivity contribution >= 4 is 17.4 Å². The van der Waals surface area contributed by atoms with Crippen molar-refractivity contribution in [2.24, 2.45) is 0 Å². The van der Waals surface area contributed by atoms with Gasteiger partial charge in [-0.15, -0.1) is 0 Å². The molecule has 1 aliphatic rings. The van der Waals surface area contributed by atoms with E-state index in [2.05, 4.69) is 15.1 Å². The molecule has 166 valence electrons. The Labute approximate surface area is 185 Å². The van der Waals surface area contributed by atoms with Crippen LogP contribution in [0.2, 0.25) is 0 Å². The average molecular weight is 424 g/mol. The highest BCUT2D eigenvalue weighted by Crippen LogP contribution is 2.23. The highest BCUT2D eigenvalue weighted by molar-refractivity contribution is 5.94. The number of amides is 1. The van der Waals surface area contributed by atoms with Gasteiger partial charge in [0.1, 0.15) is 5.75 Å². The second-order valence-electron chi connectivity index (χ2n) is 8.18. The van der Waals surface area contributed by atoms with Gasteiger partial charge in [0.05, 0.1) is 13.2 Å². The molecular formula is C25H33N3O3. The highest BCUT2D eigenvalue weighted by atomic mass is 16.5. The van der Waals surface area contributed by atoms with Crippen molar-refractivity contribution in [3.05, 3.63) is 58.7 Å². The zero-order valence-electron chi connectivity index (χ0n) is 19.0. The van der Waals surface area contributed by atoms with Crippen molar-refractivity contribution in [1.29, 1.82) is 0 Å². The van der Waals surface area contributed by atoms with E-state index in [-0.39, 0.29) is 11.7 Å². The number of ketones is 1. The zero-order chi connectivity index (χ0) is 22.4. The number of carbonyl (C=O) groups excluding carboxylic acids is 2. The van der Waals surface area contributed by atoms with E-state index in [0.717, 1.165) is 60.9 Å². The zero-order valence-corrected chi connectivity index (χ0v) is 19.0. The number of nitrogens with one attached hydrogen (secondary N) is 1. The Balaban J connectivity index is 1.54. The molecule has 2 aromatic carbocycles. The Morgan fingerprint density at radius 1 is 1.00 bits per heavy atom. The van der Waals surface area contributed by atoms with Crippen LogP contribution in [0.1, 0.15) is 40.9 Å². The highest BCUT2D eigenvalue weighted by Gasteiger charge is 2.21. The van der Waals surface area contributed by atoms with Gasteiger partial charge < -0.3 is 10.1 Å². The predicted molar refractivity (Wildman–Crippen MR) is 124 cm³/mol. The number of anilines is 1. The first kappa shape index (κ1) is 23.0. The van der Waals surface area contributed by atoms with Crippen LogP contribution in [0.3, 0.4) is 0 Å². The minimum atomic E-state index is 0.0265. The summed E-state index contributed by atoms with van der Waals surface area (Å²) >= 11 is 0. The molecule has 1 heterocycles. The number of piperazine rings is 1. The Bertz CT molecular complexity index is 913. The standard InChI is InChI=1S/C25H33N3O3/c1-5-31-23-10-9-21(20(4)29)15-22(23)16-27-11-13-28(14-12-27)17-24(30)26-25-18(2)7-6-8-19(25)3/h6-10,15H,5,11-14,16-17H2,1-4H3,(H,26,30). The Kier molecular flexibility index (Phi) is 7.82. The van der Waals surface area contributed by atoms with Gasteiger partial charge in [0.15, 0.2) is 5.78 Å². The van der Waals surface area contributed by atoms with Crippen molar-refractivity contribution in [1.82, 2.24) is 9.80 Å². The number of nitrogens with zero attached hydrogens (tertiary/aromatic N) is 2. The first-order valence-electron chi connectivity index (χ1n) is 10.9. The molecule has 1 aliphatic heterocycles. The number of rotatable bonds is 8. The van der Waals surface area contributed by atoms with E-state index >= 15 is 0 Å². The van der Waals surface area contributed by atoms with Crippen LogP contribution in [0.15, 0.2) is 36.4 Å². The second-order valence-corrected chi connectivity index (χ2v) is 8.18. The molecule has 0 unspecified atom stereocenters. The predicted octanol–water partition coefficient (Wildman–Crippen LogP) is 3.66. The molecule has 0 radical (unpaired) electrons. The second kappa shape index (κ2) is 10.6. The maximum atomic E-state index is 12.6. The first-order chi connectivity index (χ1) is 14.9. The molecule has 6 nitrogen and oxygen atoms in total. The van der Waals surface area contributed by atoms with E-state index < -0.39 is 0 Å². The van der Waals surface area contributed by atoms with Gasteiger partial charge in [0.2, 0.25) is 5.91 Å². The van der Waals surface area contributed by atoms with Crippen molar-refractivity contribution in [3.8, 4) is 5.75 Å². The van der Waals surface area contributed by atoms with Crippen molar-refractivity contribution < 1.29 is 14.3 Å². The first-order valence-corrected chi connectivity index (χ1v) is 10.9. The van der Waals surface area contributed by atoms with Crippen LogP contribution < -0.4 is 10.1 Å². The van der Waals surface area contributed by atoms with E-state index in [1.54, 1.807) is 6.92 Å². The number of hydrogen-bond acceptors (Lipinski definition) is 5. The maximum Gasteiger partial charge on any atom is 0.238 e. The molecule has 31 heavy (non-hydrogen) atoms. The topological polar surface area (TPSA) is 61.9 Å². The summed E-state index contributed by atoms with van der Waals surface area (Å²) in [5, 5.41) is 3.07. The Morgan fingerprint density at radius 3 is 2.26 bits per heavy atom. The molecule has 2 aromatic rings. The molecule has 0 atom stereocenters. The molecule has 0 bridgehead atoms. The lowest BCUT2D eigenvalue weighted by molar-refractivity contribution is -0.117. The summed E-state index contributed by atoms with van der Waals surface area (Å²) in [5.41, 5.74) is 4.82. The largest absolute Gasteiger partial charge is 0.494 e. The maximum absolute atomic E-state index is 12.6. The number of para-hydroxylation sites is 1. The summed E-state index contributed by atoms with van der Waals surface area (Å²) in [5.74, 6) is 0.922. The number of aryl methyl sites for hydroxylation is 2. The monoisotopic (exact) mass is 423 g/mol. The number of carbonyl (C=O) groups is 2. The van der Waals surface area contributed by atoms with Gasteiger partial charge in [-0.2, -0.15) is 0 Å². The summed E-state index contributed by atoms with van der Waals surface area (Å²) in [7, 11) is 0. The number of hydrogen-bond donors (Lipinski definition) is 1. The lowest BCUT2D eigenvalue weighted by atomic mass is 10.1. The van der Waals surface area contributed by atoms with E-state index in [0.29, 0.717) is 18.7 Å². The quantitative estimate of drug-likeness (QED) is 0.657. The summed E-state index contributed by atoms with van der Waals surface area (Å²) in [6.07, 6.45) is 0. The lowest BCUT2D eigenvalue weighted by Crippen LogP contribution is -2.48. The normalized spacial score (nSPS) is 15.0. The van der Waals surface area contributed by atoms with Crippen molar-refractivity contribution in [2.75, 3.05) is 44.6 Å². The molecule has 0 spiro atoms. The van der Waals surface area contributed by atoms with Gasteiger partial charge in [-0.05, 0) is 57.0 Å². The van der Waals surface area contributed by atoms with Gasteiger partial charge in [-0.1, -0.05) is 18.2 Å². The number of benzene rings is 2. The van der Waals surface area contributed by atoms with Gasteiger partial charge in [-0.3, -0.25) is 19.4 Å². The Hall–Kier alpha value is -2.70. The van der Waals surface area contributed by atoms with Crippen LogP contribution in [0.4, 0.5) is 5.69 Å². The van der Waals surface area contributed by atoms with Crippen LogP contribution in [0, 0.1) is 13.8 Å². The number of ether oxygens (including phenoxy) is 1. The average Bonchev–Trinajstić information content (AvgIpc) is 2.73. The molecule has 1 amide bonds. The summed E-state index contributed by atoms with van der Waals surface area (Å²) in [6.45, 7) is 12.7. The smallest absolute Gasteiger partial charge is 0.238 e. The molecule has 1 fully saturated rings. The van der Waals surface area contributed by atoms with Crippen molar-refractivity contribution in [2.45, 2.75) is 34.2 Å². The third kappa shape index (κ3) is 6.15. The van der Waals surface area contributed by atoms with E-state index in [4.69, 9.17) is 4.74 Å². The van der Waals surface area contributed by atoms with Crippen LogP contribution in [-0.4, -0.2) is 60.8 Å². The third-order valence-corrected chi connectivity index (χ3v) is 5.74. The summed E-state index contributed by atoms with van der Waals surface area (Å²) in [6, 6.07) is 11.7. The molecule has 0 aromatic heterocycles. The van der Waals surface area contributed by atoms with Crippen molar-refractivity contribution in [3.63, 3.8) is 0 Å². The molecule has 0 saturated carbocycles. The van der Waals surface area contributed by atoms with Crippen LogP contribution >= 0.6 is 0 Å². The molecule has 1 saturated heterocycles. The van der Waals surface area contributed by atoms with Crippen LogP contribution in [0.5, 0.6) is 5.75 Å². The minimum Gasteiger partial charge on any atom is -0.494 e. The van der Waals surface area contributed by atoms with Crippen LogP contribution in [-0.2, 0) is 11.3 Å². The van der Waals surface area contributed by atoms with Gasteiger partial charge in [0, 0.05) is 49.5 Å². The molecule has 0 aliphatic carbocycles. The SMILES string of the molecule is CCOc1ccc(C(C)=O)cc1CN1CCN(CC(=O)Nc2c(C)cccc2C)CC1. The van der Waals surface area contributed by atoms with E-state index in [1.165, 1.54) is 0 Å². The lowest BCUT2D eigenvalue weighted by Gasteiger charge is -2.34. The summed E-state index contributed by atoms with van der Waals surface area (Å²) in [4.78, 5) is 28.9. The van der Waals surface area contributed by atoms with Gasteiger partial charge in [-0.25, -0.2) is 0 Å². The van der Waals surface area contributed by atoms with Gasteiger partial charge >= 0.3 is 0 Å². The third-order valence-electron chi connectivity index (χ3n) is 5.74. The molecule has 1 N–H and O–H groups in total. The molecular weight excluding hydrogens is 390 g/mol. The fourth-order valence-corrected chi connectivity index (χ4v) is 3.96. The molecule has 3 rings (SSSR count). The Morgan fingerprint density at radius 2 is 1.65 bits per heavy atom. The fraction of sp³-hybridized carbons (Fsp3) is 0.440. The molecule has 6 heteroatoms. The fourth-order valence-electron chi connectivity index (χ4n) is 3.96. The van der Waals surface area contributed by atoms with Crippen LogP contribution in [0.25, 0.3) is 0 Å². The minimum absolute atomic E-state index is 0.0265.